The summed E-state index contributed by atoms with van der Waals surface area (Å²) in [6.07, 6.45) is 7.67. The Bertz CT molecular complexity index is 852. The molecule has 0 radical (unpaired) electrons. The van der Waals surface area contributed by atoms with Crippen LogP contribution in [0, 0.1) is 0 Å². The van der Waals surface area contributed by atoms with E-state index in [2.05, 4.69) is 74.2 Å². The number of hydrogen-bond acceptors (Lipinski definition) is 1. The van der Waals surface area contributed by atoms with Crippen molar-refractivity contribution in [1.82, 2.24) is 4.90 Å². The van der Waals surface area contributed by atoms with Gasteiger partial charge >= 0.3 is 0 Å². The number of halogens is 2. The van der Waals surface area contributed by atoms with Gasteiger partial charge in [0.1, 0.15) is 0 Å². The average molecular weight is 444 g/mol. The van der Waals surface area contributed by atoms with Crippen molar-refractivity contribution >= 4 is 23.2 Å². The molecular formula is C27H35Cl2N. The Morgan fingerprint density at radius 1 is 0.800 bits per heavy atom. The van der Waals surface area contributed by atoms with Crippen LogP contribution in [0.5, 0.6) is 0 Å². The molecule has 0 heterocycles. The molecule has 2 aromatic carbocycles. The molecule has 4 rings (SSSR count). The van der Waals surface area contributed by atoms with Gasteiger partial charge in [-0.25, -0.2) is 0 Å². The molecule has 2 aliphatic rings. The van der Waals surface area contributed by atoms with Gasteiger partial charge in [-0.05, 0) is 88.0 Å². The molecule has 0 bridgehead atoms. The molecule has 0 N–H and O–H groups in total. The van der Waals surface area contributed by atoms with Crippen LogP contribution in [0.15, 0.2) is 48.5 Å². The lowest BCUT2D eigenvalue weighted by molar-refractivity contribution is 0.158. The zero-order valence-corrected chi connectivity index (χ0v) is 20.1. The Morgan fingerprint density at radius 2 is 1.43 bits per heavy atom. The van der Waals surface area contributed by atoms with Crippen molar-refractivity contribution in [3.63, 3.8) is 0 Å². The fraction of sp³-hybridized carbons (Fsp3) is 0.556. The van der Waals surface area contributed by atoms with Crippen LogP contribution in [-0.2, 0) is 22.6 Å². The van der Waals surface area contributed by atoms with E-state index in [0.717, 1.165) is 51.5 Å². The maximum Gasteiger partial charge on any atom is 0.0699 e. The highest BCUT2D eigenvalue weighted by Crippen LogP contribution is 2.60. The van der Waals surface area contributed by atoms with Crippen LogP contribution in [0.1, 0.15) is 75.1 Å². The van der Waals surface area contributed by atoms with E-state index in [4.69, 9.17) is 23.2 Å². The summed E-state index contributed by atoms with van der Waals surface area (Å²) >= 11 is 13.7. The molecule has 0 aliphatic heterocycles. The summed E-state index contributed by atoms with van der Waals surface area (Å²) in [4.78, 5) is 2.35. The minimum Gasteiger partial charge on any atom is -0.298 e. The van der Waals surface area contributed by atoms with Gasteiger partial charge in [-0.15, -0.1) is 23.2 Å². The smallest absolute Gasteiger partial charge is 0.0699 e. The number of nitrogens with zero attached hydrogens (tertiary/aromatic N) is 1. The van der Waals surface area contributed by atoms with Gasteiger partial charge in [0.25, 0.3) is 0 Å². The molecule has 30 heavy (non-hydrogen) atoms. The molecule has 3 heteroatoms. The lowest BCUT2D eigenvalue weighted by Crippen LogP contribution is -2.40. The lowest BCUT2D eigenvalue weighted by atomic mass is 9.94. The summed E-state index contributed by atoms with van der Waals surface area (Å²) in [5.74, 6) is 0. The molecule has 162 valence electrons. The van der Waals surface area contributed by atoms with Gasteiger partial charge in [0.2, 0.25) is 0 Å². The first-order valence-corrected chi connectivity index (χ1v) is 12.4. The third-order valence-corrected chi connectivity index (χ3v) is 8.17. The molecule has 2 aliphatic carbocycles. The third-order valence-electron chi connectivity index (χ3n) is 7.01. The average Bonchev–Trinajstić information content (AvgIpc) is 3.66. The third kappa shape index (κ3) is 5.06. The standard InChI is InChI=1S/C27H35Cl2N/c1-20(2)30(18-13-22-7-5-4-6-8-22)21(3)9-10-23-11-12-24(26(28)14-15-26)25(19-23)27(29)16-17-27/h4-8,11-12,19-21H,9-10,13-18H2,1-3H3. The van der Waals surface area contributed by atoms with Crippen molar-refractivity contribution < 1.29 is 0 Å². The summed E-state index contributed by atoms with van der Waals surface area (Å²) < 4.78 is 0. The lowest BCUT2D eigenvalue weighted by Gasteiger charge is -2.33. The van der Waals surface area contributed by atoms with Gasteiger partial charge < -0.3 is 0 Å². The molecule has 2 saturated carbocycles. The van der Waals surface area contributed by atoms with Gasteiger partial charge in [0.15, 0.2) is 0 Å². The molecular weight excluding hydrogens is 409 g/mol. The molecule has 0 amide bonds. The largest absolute Gasteiger partial charge is 0.298 e. The topological polar surface area (TPSA) is 3.24 Å². The van der Waals surface area contributed by atoms with E-state index < -0.39 is 0 Å². The minimum absolute atomic E-state index is 0.141. The quantitative estimate of drug-likeness (QED) is 0.345. The van der Waals surface area contributed by atoms with E-state index in [0.29, 0.717) is 12.1 Å². The van der Waals surface area contributed by atoms with Crippen molar-refractivity contribution in [3.8, 4) is 0 Å². The van der Waals surface area contributed by atoms with Crippen molar-refractivity contribution in [1.29, 1.82) is 0 Å². The van der Waals surface area contributed by atoms with Gasteiger partial charge in [-0.3, -0.25) is 4.90 Å². The highest BCUT2D eigenvalue weighted by Gasteiger charge is 2.50. The van der Waals surface area contributed by atoms with Crippen molar-refractivity contribution in [2.24, 2.45) is 0 Å². The second kappa shape index (κ2) is 8.85. The second-order valence-corrected chi connectivity index (χ2v) is 11.2. The van der Waals surface area contributed by atoms with Gasteiger partial charge in [0, 0.05) is 18.6 Å². The van der Waals surface area contributed by atoms with Gasteiger partial charge in [-0.1, -0.05) is 48.5 Å². The molecule has 0 aromatic heterocycles. The van der Waals surface area contributed by atoms with E-state index in [1.807, 2.05) is 0 Å². The van der Waals surface area contributed by atoms with Crippen LogP contribution in [-0.4, -0.2) is 23.5 Å². The van der Waals surface area contributed by atoms with Crippen molar-refractivity contribution in [2.45, 2.75) is 87.5 Å². The molecule has 1 nitrogen and oxygen atoms in total. The summed E-state index contributed by atoms with van der Waals surface area (Å²) in [5.41, 5.74) is 5.43. The Kier molecular flexibility index (Phi) is 6.54. The second-order valence-electron chi connectivity index (χ2n) is 9.77. The van der Waals surface area contributed by atoms with Gasteiger partial charge in [-0.2, -0.15) is 0 Å². The number of benzene rings is 2. The minimum atomic E-state index is -0.152. The summed E-state index contributed by atoms with van der Waals surface area (Å²) in [6, 6.07) is 18.8. The molecule has 1 atom stereocenters. The summed E-state index contributed by atoms with van der Waals surface area (Å²) in [6.45, 7) is 8.11. The fourth-order valence-corrected chi connectivity index (χ4v) is 5.21. The first-order chi connectivity index (χ1) is 14.3. The monoisotopic (exact) mass is 443 g/mol. The Morgan fingerprint density at radius 3 is 2.03 bits per heavy atom. The van der Waals surface area contributed by atoms with Crippen LogP contribution >= 0.6 is 23.2 Å². The van der Waals surface area contributed by atoms with Crippen LogP contribution < -0.4 is 0 Å². The maximum atomic E-state index is 6.87. The predicted molar refractivity (Wildman–Crippen MR) is 130 cm³/mol. The van der Waals surface area contributed by atoms with Crippen LogP contribution in [0.25, 0.3) is 0 Å². The van der Waals surface area contributed by atoms with E-state index >= 15 is 0 Å². The molecule has 0 spiro atoms. The normalized spacial score (nSPS) is 19.8. The van der Waals surface area contributed by atoms with Crippen molar-refractivity contribution in [2.75, 3.05) is 6.54 Å². The molecule has 1 unspecified atom stereocenters. The fourth-order valence-electron chi connectivity index (χ4n) is 4.70. The van der Waals surface area contributed by atoms with Crippen molar-refractivity contribution in [3.05, 3.63) is 70.8 Å². The Balaban J connectivity index is 1.40. The SMILES string of the molecule is CC(C)N(CCc1ccccc1)C(C)CCc1ccc(C2(Cl)CC2)c(C2(Cl)CC2)c1. The summed E-state index contributed by atoms with van der Waals surface area (Å²) in [7, 11) is 0. The van der Waals surface area contributed by atoms with Crippen LogP contribution in [0.2, 0.25) is 0 Å². The Hall–Kier alpha value is -1.02. The Labute approximate surface area is 192 Å². The molecule has 2 aromatic rings. The number of aryl methyl sites for hydroxylation is 1. The number of rotatable bonds is 10. The predicted octanol–water partition coefficient (Wildman–Crippen LogP) is 7.42. The zero-order chi connectivity index (χ0) is 21.4. The van der Waals surface area contributed by atoms with E-state index in [1.165, 1.54) is 22.3 Å². The van der Waals surface area contributed by atoms with Crippen LogP contribution in [0.4, 0.5) is 0 Å². The highest BCUT2D eigenvalue weighted by atomic mass is 35.5. The molecule has 2 fully saturated rings. The zero-order valence-electron chi connectivity index (χ0n) is 18.6. The first-order valence-electron chi connectivity index (χ1n) is 11.6. The summed E-state index contributed by atoms with van der Waals surface area (Å²) in [5, 5.41) is 0. The highest BCUT2D eigenvalue weighted by molar-refractivity contribution is 6.28. The van der Waals surface area contributed by atoms with Gasteiger partial charge in [0.05, 0.1) is 9.75 Å². The van der Waals surface area contributed by atoms with E-state index in [-0.39, 0.29) is 9.75 Å². The maximum absolute atomic E-state index is 6.87. The first kappa shape index (κ1) is 22.2. The van der Waals surface area contributed by atoms with E-state index in [1.54, 1.807) is 0 Å². The van der Waals surface area contributed by atoms with E-state index in [9.17, 15) is 0 Å². The number of alkyl halides is 2. The molecule has 0 saturated heterocycles. The van der Waals surface area contributed by atoms with Crippen LogP contribution in [0.3, 0.4) is 0 Å². The number of hydrogen-bond donors (Lipinski definition) is 0.